The van der Waals surface area contributed by atoms with E-state index in [9.17, 15) is 4.79 Å². The zero-order valence-corrected chi connectivity index (χ0v) is 18.8. The van der Waals surface area contributed by atoms with Crippen molar-refractivity contribution in [2.24, 2.45) is 0 Å². The number of benzene rings is 2. The molecule has 1 saturated heterocycles. The van der Waals surface area contributed by atoms with Gasteiger partial charge < -0.3 is 4.90 Å². The number of pyridine rings is 1. The monoisotopic (exact) mass is 430 g/mol. The van der Waals surface area contributed by atoms with Gasteiger partial charge in [-0.15, -0.1) is 11.3 Å². The number of carbonyl (C=O) groups is 1. The summed E-state index contributed by atoms with van der Waals surface area (Å²) in [4.78, 5) is 26.9. The molecular weight excluding hydrogens is 404 g/mol. The SMILES string of the molecule is Cc1nc2ccccc2c(C)c1CC(=O)N1CCN(Cc2nc3ccccc3s2)CC1. The molecule has 1 aliphatic heterocycles. The molecule has 31 heavy (non-hydrogen) atoms. The maximum atomic E-state index is 13.1. The Balaban J connectivity index is 1.23. The zero-order chi connectivity index (χ0) is 21.4. The summed E-state index contributed by atoms with van der Waals surface area (Å²) in [5.41, 5.74) is 5.27. The Morgan fingerprint density at radius 3 is 2.42 bits per heavy atom. The number of fused-ring (bicyclic) bond motifs is 2. The zero-order valence-electron chi connectivity index (χ0n) is 18.0. The van der Waals surface area contributed by atoms with Gasteiger partial charge >= 0.3 is 0 Å². The van der Waals surface area contributed by atoms with Gasteiger partial charge in [-0.2, -0.15) is 0 Å². The molecule has 2 aromatic heterocycles. The number of hydrogen-bond acceptors (Lipinski definition) is 5. The first-order valence-corrected chi connectivity index (χ1v) is 11.6. The highest BCUT2D eigenvalue weighted by molar-refractivity contribution is 7.18. The molecule has 5 rings (SSSR count). The number of hydrogen-bond donors (Lipinski definition) is 0. The van der Waals surface area contributed by atoms with Crippen LogP contribution in [0.4, 0.5) is 0 Å². The van der Waals surface area contributed by atoms with Crippen LogP contribution in [0.3, 0.4) is 0 Å². The number of para-hydroxylation sites is 2. The molecule has 6 heteroatoms. The van der Waals surface area contributed by atoms with E-state index in [1.807, 2.05) is 36.1 Å². The molecule has 0 saturated carbocycles. The van der Waals surface area contributed by atoms with Crippen LogP contribution in [0.15, 0.2) is 48.5 Å². The first kappa shape index (κ1) is 20.1. The Labute approximate surface area is 186 Å². The van der Waals surface area contributed by atoms with Crippen molar-refractivity contribution in [2.75, 3.05) is 26.2 Å². The molecule has 0 aliphatic carbocycles. The summed E-state index contributed by atoms with van der Waals surface area (Å²) in [6, 6.07) is 16.4. The van der Waals surface area contributed by atoms with Gasteiger partial charge in [-0.3, -0.25) is 14.7 Å². The lowest BCUT2D eigenvalue weighted by atomic mass is 9.99. The van der Waals surface area contributed by atoms with E-state index in [1.54, 1.807) is 11.3 Å². The number of aryl methyl sites for hydroxylation is 2. The van der Waals surface area contributed by atoms with Crippen molar-refractivity contribution in [1.82, 2.24) is 19.8 Å². The lowest BCUT2D eigenvalue weighted by Gasteiger charge is -2.34. The van der Waals surface area contributed by atoms with Crippen molar-refractivity contribution in [3.05, 3.63) is 70.4 Å². The molecule has 0 radical (unpaired) electrons. The van der Waals surface area contributed by atoms with E-state index in [2.05, 4.69) is 36.1 Å². The van der Waals surface area contributed by atoms with E-state index in [-0.39, 0.29) is 5.91 Å². The van der Waals surface area contributed by atoms with Gasteiger partial charge in [-0.25, -0.2) is 4.98 Å². The van der Waals surface area contributed by atoms with Crippen LogP contribution in [0.25, 0.3) is 21.1 Å². The number of thiazole rings is 1. The molecular formula is C25H26N4OS. The van der Waals surface area contributed by atoms with Crippen molar-refractivity contribution in [1.29, 1.82) is 0 Å². The van der Waals surface area contributed by atoms with Gasteiger partial charge in [0.05, 0.1) is 28.7 Å². The Kier molecular flexibility index (Phi) is 5.42. The third-order valence-corrected chi connectivity index (χ3v) is 7.26. The molecule has 3 heterocycles. The molecule has 0 unspecified atom stereocenters. The standard InChI is InChI=1S/C25H26N4OS/c1-17-19-7-3-4-8-21(19)26-18(2)20(17)15-25(30)29-13-11-28(12-14-29)16-24-27-22-9-5-6-10-23(22)31-24/h3-10H,11-16H2,1-2H3. The summed E-state index contributed by atoms with van der Waals surface area (Å²) < 4.78 is 1.24. The molecule has 2 aromatic carbocycles. The predicted molar refractivity (Wildman–Crippen MR) is 126 cm³/mol. The van der Waals surface area contributed by atoms with Gasteiger partial charge in [0.2, 0.25) is 5.91 Å². The van der Waals surface area contributed by atoms with Crippen LogP contribution in [0.2, 0.25) is 0 Å². The highest BCUT2D eigenvalue weighted by Crippen LogP contribution is 2.25. The fourth-order valence-corrected chi connectivity index (χ4v) is 5.44. The second-order valence-corrected chi connectivity index (χ2v) is 9.34. The number of rotatable bonds is 4. The fourth-order valence-electron chi connectivity index (χ4n) is 4.43. The Morgan fingerprint density at radius 1 is 0.935 bits per heavy atom. The maximum absolute atomic E-state index is 13.1. The molecule has 158 valence electrons. The number of aromatic nitrogens is 2. The highest BCUT2D eigenvalue weighted by Gasteiger charge is 2.23. The quantitative estimate of drug-likeness (QED) is 0.483. The van der Waals surface area contributed by atoms with Gasteiger partial charge in [-0.1, -0.05) is 30.3 Å². The first-order chi connectivity index (χ1) is 15.1. The number of amides is 1. The molecule has 1 aliphatic rings. The average Bonchev–Trinajstić information content (AvgIpc) is 3.19. The molecule has 5 nitrogen and oxygen atoms in total. The van der Waals surface area contributed by atoms with Gasteiger partial charge in [0.15, 0.2) is 0 Å². The molecule has 0 spiro atoms. The van der Waals surface area contributed by atoms with Crippen molar-refractivity contribution >= 4 is 38.4 Å². The van der Waals surface area contributed by atoms with Crippen LogP contribution in [0, 0.1) is 13.8 Å². The van der Waals surface area contributed by atoms with Gasteiger partial charge in [0, 0.05) is 37.3 Å². The van der Waals surface area contributed by atoms with E-state index in [0.717, 1.165) is 65.4 Å². The third kappa shape index (κ3) is 4.05. The smallest absolute Gasteiger partial charge is 0.227 e. The van der Waals surface area contributed by atoms with E-state index < -0.39 is 0 Å². The van der Waals surface area contributed by atoms with E-state index in [0.29, 0.717) is 6.42 Å². The van der Waals surface area contributed by atoms with E-state index in [4.69, 9.17) is 9.97 Å². The molecule has 0 bridgehead atoms. The lowest BCUT2D eigenvalue weighted by molar-refractivity contribution is -0.132. The summed E-state index contributed by atoms with van der Waals surface area (Å²) in [7, 11) is 0. The Morgan fingerprint density at radius 2 is 1.65 bits per heavy atom. The summed E-state index contributed by atoms with van der Waals surface area (Å²) in [5.74, 6) is 0.197. The topological polar surface area (TPSA) is 49.3 Å². The highest BCUT2D eigenvalue weighted by atomic mass is 32.1. The Bertz CT molecular complexity index is 1220. The van der Waals surface area contributed by atoms with Crippen LogP contribution in [-0.2, 0) is 17.8 Å². The van der Waals surface area contributed by atoms with Crippen LogP contribution in [0.5, 0.6) is 0 Å². The molecule has 4 aromatic rings. The fraction of sp³-hybridized carbons (Fsp3) is 0.320. The minimum atomic E-state index is 0.197. The summed E-state index contributed by atoms with van der Waals surface area (Å²) in [6.45, 7) is 8.28. The van der Waals surface area contributed by atoms with Crippen LogP contribution < -0.4 is 0 Å². The third-order valence-electron chi connectivity index (χ3n) is 6.24. The Hall–Kier alpha value is -2.83. The number of piperazine rings is 1. The van der Waals surface area contributed by atoms with Crippen LogP contribution >= 0.6 is 11.3 Å². The summed E-state index contributed by atoms with van der Waals surface area (Å²) in [6.07, 6.45) is 0.424. The molecule has 1 amide bonds. The first-order valence-electron chi connectivity index (χ1n) is 10.8. The van der Waals surface area contributed by atoms with Gasteiger partial charge in [0.25, 0.3) is 0 Å². The molecule has 0 atom stereocenters. The second-order valence-electron chi connectivity index (χ2n) is 8.23. The summed E-state index contributed by atoms with van der Waals surface area (Å²) >= 11 is 1.76. The minimum Gasteiger partial charge on any atom is -0.340 e. The van der Waals surface area contributed by atoms with Crippen molar-refractivity contribution < 1.29 is 4.79 Å². The second kappa shape index (κ2) is 8.36. The van der Waals surface area contributed by atoms with Crippen molar-refractivity contribution in [3.63, 3.8) is 0 Å². The minimum absolute atomic E-state index is 0.197. The maximum Gasteiger partial charge on any atom is 0.227 e. The van der Waals surface area contributed by atoms with Crippen LogP contribution in [-0.4, -0.2) is 51.9 Å². The van der Waals surface area contributed by atoms with E-state index in [1.165, 1.54) is 10.3 Å². The lowest BCUT2D eigenvalue weighted by Crippen LogP contribution is -2.48. The largest absolute Gasteiger partial charge is 0.340 e. The molecule has 0 N–H and O–H groups in total. The van der Waals surface area contributed by atoms with Crippen LogP contribution in [0.1, 0.15) is 21.8 Å². The van der Waals surface area contributed by atoms with Gasteiger partial charge in [0.1, 0.15) is 5.01 Å². The van der Waals surface area contributed by atoms with E-state index >= 15 is 0 Å². The number of nitrogens with zero attached hydrogens (tertiary/aromatic N) is 4. The van der Waals surface area contributed by atoms with Crippen molar-refractivity contribution in [2.45, 2.75) is 26.8 Å². The van der Waals surface area contributed by atoms with Gasteiger partial charge in [-0.05, 0) is 43.2 Å². The normalized spacial score (nSPS) is 15.1. The average molecular weight is 431 g/mol. The molecule has 1 fully saturated rings. The van der Waals surface area contributed by atoms with Crippen molar-refractivity contribution in [3.8, 4) is 0 Å². The summed E-state index contributed by atoms with van der Waals surface area (Å²) in [5, 5.41) is 2.28. The number of carbonyl (C=O) groups excluding carboxylic acids is 1. The predicted octanol–water partition coefficient (Wildman–Crippen LogP) is 4.35.